The van der Waals surface area contributed by atoms with Crippen LogP contribution in [-0.4, -0.2) is 36.6 Å². The highest BCUT2D eigenvalue weighted by atomic mass is 15.2. The number of fused-ring (bicyclic) bond motifs is 1. The Balaban J connectivity index is 1.63. The van der Waals surface area contributed by atoms with Crippen molar-refractivity contribution >= 4 is 6.08 Å². The summed E-state index contributed by atoms with van der Waals surface area (Å²) in [5.74, 6) is 0. The van der Waals surface area contributed by atoms with Gasteiger partial charge < -0.3 is 5.32 Å². The van der Waals surface area contributed by atoms with E-state index in [0.717, 1.165) is 18.6 Å². The second-order valence-electron chi connectivity index (χ2n) is 6.64. The largest absolute Gasteiger partial charge is 0.312 e. The molecule has 0 saturated carbocycles. The number of likely N-dealkylation sites (tertiary alicyclic amines) is 1. The summed E-state index contributed by atoms with van der Waals surface area (Å²) >= 11 is 0. The molecule has 0 amide bonds. The number of nitrogens with one attached hydrogen (secondary N) is 1. The summed E-state index contributed by atoms with van der Waals surface area (Å²) in [4.78, 5) is 2.71. The highest BCUT2D eigenvalue weighted by Crippen LogP contribution is 2.25. The Hall–Kier alpha value is -1.12. The summed E-state index contributed by atoms with van der Waals surface area (Å²) in [6.45, 7) is 5.87. The van der Waals surface area contributed by atoms with Crippen LogP contribution in [-0.2, 0) is 0 Å². The van der Waals surface area contributed by atoms with E-state index in [1.54, 1.807) is 0 Å². The molecule has 2 aliphatic rings. The summed E-state index contributed by atoms with van der Waals surface area (Å²) < 4.78 is 0. The van der Waals surface area contributed by atoms with Crippen LogP contribution >= 0.6 is 0 Å². The highest BCUT2D eigenvalue weighted by molar-refractivity contribution is 5.52. The van der Waals surface area contributed by atoms with Crippen LogP contribution in [0.25, 0.3) is 6.08 Å². The third-order valence-electron chi connectivity index (χ3n) is 4.91. The molecule has 0 radical (unpaired) electrons. The number of rotatable bonds is 3. The van der Waals surface area contributed by atoms with E-state index in [2.05, 4.69) is 53.5 Å². The predicted molar refractivity (Wildman–Crippen MR) is 90.3 cm³/mol. The van der Waals surface area contributed by atoms with Gasteiger partial charge in [0.2, 0.25) is 0 Å². The molecule has 2 aliphatic heterocycles. The van der Waals surface area contributed by atoms with Crippen molar-refractivity contribution in [3.8, 4) is 0 Å². The lowest BCUT2D eigenvalue weighted by atomic mass is 9.99. The lowest BCUT2D eigenvalue weighted by Gasteiger charge is -2.30. The molecule has 1 aromatic carbocycles. The van der Waals surface area contributed by atoms with Crippen LogP contribution in [0.15, 0.2) is 35.9 Å². The molecule has 0 unspecified atom stereocenters. The van der Waals surface area contributed by atoms with E-state index in [9.17, 15) is 0 Å². The van der Waals surface area contributed by atoms with E-state index >= 15 is 0 Å². The van der Waals surface area contributed by atoms with Crippen LogP contribution in [0.5, 0.6) is 0 Å². The minimum Gasteiger partial charge on any atom is -0.312 e. The maximum absolute atomic E-state index is 3.78. The van der Waals surface area contributed by atoms with Gasteiger partial charge >= 0.3 is 0 Å². The number of benzene rings is 1. The minimum absolute atomic E-state index is 0.731. The van der Waals surface area contributed by atoms with Gasteiger partial charge in [-0.2, -0.15) is 0 Å². The van der Waals surface area contributed by atoms with Gasteiger partial charge in [-0.05, 0) is 38.3 Å². The van der Waals surface area contributed by atoms with E-state index in [1.165, 1.54) is 56.3 Å². The van der Waals surface area contributed by atoms with Gasteiger partial charge in [0.1, 0.15) is 0 Å². The number of hydrogen-bond acceptors (Lipinski definition) is 2. The van der Waals surface area contributed by atoms with Crippen molar-refractivity contribution in [3.63, 3.8) is 0 Å². The fraction of sp³-hybridized carbons (Fsp3) is 0.579. The van der Waals surface area contributed by atoms with Gasteiger partial charge in [0, 0.05) is 25.2 Å². The Morgan fingerprint density at radius 3 is 2.90 bits per heavy atom. The van der Waals surface area contributed by atoms with Gasteiger partial charge in [-0.25, -0.2) is 0 Å². The average Bonchev–Trinajstić information content (AvgIpc) is 2.80. The Morgan fingerprint density at radius 2 is 2.05 bits per heavy atom. The second-order valence-corrected chi connectivity index (χ2v) is 6.64. The molecule has 2 saturated heterocycles. The maximum atomic E-state index is 3.78. The molecule has 2 heterocycles. The summed E-state index contributed by atoms with van der Waals surface area (Å²) in [6, 6.07) is 12.2. The molecule has 1 N–H and O–H groups in total. The second kappa shape index (κ2) is 7.24. The van der Waals surface area contributed by atoms with Crippen molar-refractivity contribution in [1.82, 2.24) is 10.2 Å². The van der Waals surface area contributed by atoms with Crippen molar-refractivity contribution in [2.45, 2.75) is 51.1 Å². The summed E-state index contributed by atoms with van der Waals surface area (Å²) in [7, 11) is 0. The lowest BCUT2D eigenvalue weighted by Crippen LogP contribution is -2.44. The number of hydrogen-bond donors (Lipinski definition) is 1. The topological polar surface area (TPSA) is 15.3 Å². The van der Waals surface area contributed by atoms with Gasteiger partial charge in [-0.15, -0.1) is 0 Å². The molecule has 3 rings (SSSR count). The van der Waals surface area contributed by atoms with Crippen LogP contribution in [0.1, 0.15) is 44.6 Å². The van der Waals surface area contributed by atoms with E-state index in [1.807, 2.05) is 0 Å². The van der Waals surface area contributed by atoms with E-state index in [4.69, 9.17) is 0 Å². The van der Waals surface area contributed by atoms with E-state index in [0.29, 0.717) is 0 Å². The average molecular weight is 284 g/mol. The summed E-state index contributed by atoms with van der Waals surface area (Å²) in [5, 5.41) is 3.78. The third kappa shape index (κ3) is 3.96. The first-order chi connectivity index (χ1) is 10.3. The van der Waals surface area contributed by atoms with Crippen LogP contribution < -0.4 is 5.32 Å². The molecule has 2 atom stereocenters. The molecule has 2 fully saturated rings. The van der Waals surface area contributed by atoms with Crippen LogP contribution in [0.3, 0.4) is 0 Å². The number of nitrogens with zero attached hydrogens (tertiary/aromatic N) is 1. The fourth-order valence-corrected chi connectivity index (χ4v) is 3.88. The fourth-order valence-electron chi connectivity index (χ4n) is 3.88. The van der Waals surface area contributed by atoms with Gasteiger partial charge in [-0.1, -0.05) is 54.8 Å². The molecule has 21 heavy (non-hydrogen) atoms. The van der Waals surface area contributed by atoms with Gasteiger partial charge in [0.15, 0.2) is 0 Å². The first kappa shape index (κ1) is 14.8. The molecular formula is C19H28N2. The molecule has 2 nitrogen and oxygen atoms in total. The molecule has 0 spiro atoms. The quantitative estimate of drug-likeness (QED) is 0.910. The SMILES string of the molecule is C/C(=C\c1ccccc1)CN1CC[C@@H]2NCCCCC[C@H]21. The highest BCUT2D eigenvalue weighted by Gasteiger charge is 2.33. The van der Waals surface area contributed by atoms with Crippen molar-refractivity contribution in [2.75, 3.05) is 19.6 Å². The summed E-state index contributed by atoms with van der Waals surface area (Å²) in [5.41, 5.74) is 2.80. The van der Waals surface area contributed by atoms with Gasteiger partial charge in [0.25, 0.3) is 0 Å². The van der Waals surface area contributed by atoms with E-state index < -0.39 is 0 Å². The molecule has 114 valence electrons. The maximum Gasteiger partial charge on any atom is 0.0253 e. The van der Waals surface area contributed by atoms with Gasteiger partial charge in [-0.3, -0.25) is 4.90 Å². The smallest absolute Gasteiger partial charge is 0.0253 e. The zero-order chi connectivity index (χ0) is 14.5. The van der Waals surface area contributed by atoms with Crippen molar-refractivity contribution in [3.05, 3.63) is 41.5 Å². The first-order valence-corrected chi connectivity index (χ1v) is 8.52. The standard InChI is InChI=1S/C19H28N2/c1-16(14-17-8-4-2-5-9-17)15-21-13-11-18-19(21)10-6-3-7-12-20-18/h2,4-5,8-9,14,18-20H,3,6-7,10-13,15H2,1H3/b16-14+/t18-,19+/m0/s1. The Kier molecular flexibility index (Phi) is 5.10. The normalized spacial score (nSPS) is 28.0. The molecule has 1 aromatic rings. The van der Waals surface area contributed by atoms with Crippen LogP contribution in [0, 0.1) is 0 Å². The molecule has 0 aromatic heterocycles. The van der Waals surface area contributed by atoms with Crippen LogP contribution in [0.4, 0.5) is 0 Å². The predicted octanol–water partition coefficient (Wildman–Crippen LogP) is 3.70. The minimum atomic E-state index is 0.731. The summed E-state index contributed by atoms with van der Waals surface area (Å²) in [6.07, 6.45) is 9.18. The Labute approximate surface area is 129 Å². The van der Waals surface area contributed by atoms with Crippen molar-refractivity contribution in [1.29, 1.82) is 0 Å². The third-order valence-corrected chi connectivity index (χ3v) is 4.91. The molecule has 0 bridgehead atoms. The molecule has 2 heteroatoms. The lowest BCUT2D eigenvalue weighted by molar-refractivity contribution is 0.227. The Morgan fingerprint density at radius 1 is 1.19 bits per heavy atom. The zero-order valence-electron chi connectivity index (χ0n) is 13.2. The zero-order valence-corrected chi connectivity index (χ0v) is 13.2. The first-order valence-electron chi connectivity index (χ1n) is 8.52. The van der Waals surface area contributed by atoms with E-state index in [-0.39, 0.29) is 0 Å². The van der Waals surface area contributed by atoms with Crippen molar-refractivity contribution in [2.24, 2.45) is 0 Å². The monoisotopic (exact) mass is 284 g/mol. The Bertz CT molecular complexity index is 466. The molecule has 0 aliphatic carbocycles. The van der Waals surface area contributed by atoms with Crippen molar-refractivity contribution < 1.29 is 0 Å². The van der Waals surface area contributed by atoms with Gasteiger partial charge in [0.05, 0.1) is 0 Å². The molecular weight excluding hydrogens is 256 g/mol. The van der Waals surface area contributed by atoms with Crippen LogP contribution in [0.2, 0.25) is 0 Å².